The summed E-state index contributed by atoms with van der Waals surface area (Å²) >= 11 is 1.46. The Morgan fingerprint density at radius 1 is 1.32 bits per heavy atom. The van der Waals surface area contributed by atoms with Crippen LogP contribution in [0.4, 0.5) is 14.7 Å². The fraction of sp³-hybridized carbons (Fsp3) is 0.154. The van der Waals surface area contributed by atoms with E-state index in [4.69, 9.17) is 0 Å². The predicted octanol–water partition coefficient (Wildman–Crippen LogP) is 3.05. The van der Waals surface area contributed by atoms with E-state index in [2.05, 4.69) is 24.8 Å². The molecule has 0 fully saturated rings. The van der Waals surface area contributed by atoms with Crippen molar-refractivity contribution in [1.29, 1.82) is 0 Å². The minimum absolute atomic E-state index is 0.0638. The highest BCUT2D eigenvalue weighted by Gasteiger charge is 2.43. The quantitative estimate of drug-likeness (QED) is 0.645. The summed E-state index contributed by atoms with van der Waals surface area (Å²) in [5.41, 5.74) is 1.61. The molecule has 3 heterocycles. The highest BCUT2D eigenvalue weighted by atomic mass is 32.1. The van der Waals surface area contributed by atoms with Crippen LogP contribution in [0.5, 0.6) is 11.5 Å². The van der Waals surface area contributed by atoms with E-state index in [0.29, 0.717) is 22.5 Å². The van der Waals surface area contributed by atoms with Crippen molar-refractivity contribution in [1.82, 2.24) is 9.97 Å². The summed E-state index contributed by atoms with van der Waals surface area (Å²) in [7, 11) is 0. The van der Waals surface area contributed by atoms with E-state index in [1.165, 1.54) is 23.5 Å². The molecule has 0 amide bonds. The van der Waals surface area contributed by atoms with Crippen LogP contribution in [0.25, 0.3) is 11.0 Å². The highest BCUT2D eigenvalue weighted by molar-refractivity contribution is 7.07. The lowest BCUT2D eigenvalue weighted by atomic mass is 10.3. The number of aromatic amines is 1. The Hall–Kier alpha value is -2.39. The molecule has 2 aromatic heterocycles. The van der Waals surface area contributed by atoms with Gasteiger partial charge in [0.1, 0.15) is 0 Å². The van der Waals surface area contributed by atoms with Gasteiger partial charge >= 0.3 is 6.29 Å². The molecule has 0 radical (unpaired) electrons. The van der Waals surface area contributed by atoms with E-state index in [0.717, 1.165) is 0 Å². The topological polar surface area (TPSA) is 79.4 Å². The highest BCUT2D eigenvalue weighted by Crippen LogP contribution is 2.43. The van der Waals surface area contributed by atoms with Gasteiger partial charge in [0.2, 0.25) is 5.95 Å². The Labute approximate surface area is 126 Å². The van der Waals surface area contributed by atoms with Gasteiger partial charge in [0.05, 0.1) is 11.0 Å². The van der Waals surface area contributed by atoms with Crippen molar-refractivity contribution >= 4 is 28.3 Å². The number of fused-ring (bicyclic) bond motifs is 2. The summed E-state index contributed by atoms with van der Waals surface area (Å²) in [5.74, 6) is 0.171. The summed E-state index contributed by atoms with van der Waals surface area (Å²) in [4.78, 5) is 7.07. The molecule has 3 aromatic rings. The third-order valence-corrected chi connectivity index (χ3v) is 3.84. The molecule has 1 unspecified atom stereocenters. The third kappa shape index (κ3) is 2.24. The fourth-order valence-corrected chi connectivity index (χ4v) is 2.84. The molecule has 114 valence electrons. The number of H-pyrrole nitrogens is 1. The summed E-state index contributed by atoms with van der Waals surface area (Å²) < 4.78 is 34.7. The number of imidazole rings is 1. The van der Waals surface area contributed by atoms with E-state index in [1.54, 1.807) is 11.4 Å². The number of aromatic nitrogens is 2. The third-order valence-electron chi connectivity index (χ3n) is 3.14. The maximum absolute atomic E-state index is 13.0. The number of alkyl halides is 2. The number of aliphatic hydroxyl groups excluding tert-OH is 1. The maximum atomic E-state index is 13.0. The smallest absolute Gasteiger partial charge is 0.395 e. The van der Waals surface area contributed by atoms with E-state index in [1.807, 2.05) is 5.38 Å². The van der Waals surface area contributed by atoms with Crippen molar-refractivity contribution in [3.63, 3.8) is 0 Å². The molecule has 0 saturated heterocycles. The van der Waals surface area contributed by atoms with Crippen LogP contribution in [0, 0.1) is 0 Å². The number of benzene rings is 1. The monoisotopic (exact) mass is 325 g/mol. The standard InChI is InChI=1S/C13H9F2N3O3S/c14-13(15)20-9-3-7-8(4-10(9)21-13)17-12(16-7)18-11(19)6-1-2-22-5-6/h1-5,11,19H,(H2,16,17,18). The average molecular weight is 325 g/mol. The van der Waals surface area contributed by atoms with Crippen molar-refractivity contribution in [3.05, 3.63) is 34.5 Å². The van der Waals surface area contributed by atoms with Crippen LogP contribution in [-0.2, 0) is 0 Å². The number of nitrogens with one attached hydrogen (secondary N) is 2. The maximum Gasteiger partial charge on any atom is 0.586 e. The van der Waals surface area contributed by atoms with Crippen molar-refractivity contribution in [3.8, 4) is 11.5 Å². The number of halogens is 2. The van der Waals surface area contributed by atoms with E-state index >= 15 is 0 Å². The van der Waals surface area contributed by atoms with Crippen molar-refractivity contribution in [2.24, 2.45) is 0 Å². The lowest BCUT2D eigenvalue weighted by molar-refractivity contribution is -0.286. The van der Waals surface area contributed by atoms with Crippen molar-refractivity contribution < 1.29 is 23.4 Å². The second-order valence-electron chi connectivity index (χ2n) is 4.67. The first-order chi connectivity index (χ1) is 10.5. The van der Waals surface area contributed by atoms with E-state index in [-0.39, 0.29) is 11.5 Å². The zero-order valence-electron chi connectivity index (χ0n) is 10.8. The first kappa shape index (κ1) is 13.3. The summed E-state index contributed by atoms with van der Waals surface area (Å²) in [6.45, 7) is 0. The van der Waals surface area contributed by atoms with Crippen LogP contribution in [0.1, 0.15) is 11.8 Å². The van der Waals surface area contributed by atoms with Gasteiger partial charge in [0.25, 0.3) is 0 Å². The van der Waals surface area contributed by atoms with Gasteiger partial charge in [-0.2, -0.15) is 11.3 Å². The Bertz CT molecular complexity index is 790. The van der Waals surface area contributed by atoms with Crippen molar-refractivity contribution in [2.45, 2.75) is 12.5 Å². The first-order valence-corrected chi connectivity index (χ1v) is 7.21. The Kier molecular flexibility index (Phi) is 2.75. The zero-order valence-corrected chi connectivity index (χ0v) is 11.7. The number of rotatable bonds is 3. The van der Waals surface area contributed by atoms with Crippen LogP contribution >= 0.6 is 11.3 Å². The minimum atomic E-state index is -3.66. The molecule has 0 saturated carbocycles. The predicted molar refractivity (Wildman–Crippen MR) is 75.2 cm³/mol. The van der Waals surface area contributed by atoms with Gasteiger partial charge in [-0.25, -0.2) is 4.98 Å². The number of hydrogen-bond donors (Lipinski definition) is 3. The molecule has 1 atom stereocenters. The normalized spacial score (nSPS) is 16.9. The summed E-state index contributed by atoms with van der Waals surface area (Å²) in [6.07, 6.45) is -4.58. The molecule has 4 rings (SSSR count). The number of anilines is 1. The Morgan fingerprint density at radius 2 is 2.09 bits per heavy atom. The number of hydrogen-bond acceptors (Lipinski definition) is 6. The molecule has 9 heteroatoms. The molecule has 0 bridgehead atoms. The molecule has 1 aliphatic heterocycles. The molecule has 0 spiro atoms. The van der Waals surface area contributed by atoms with Crippen LogP contribution in [0.15, 0.2) is 29.0 Å². The zero-order chi connectivity index (χ0) is 15.3. The Morgan fingerprint density at radius 3 is 2.82 bits per heavy atom. The van der Waals surface area contributed by atoms with Gasteiger partial charge in [-0.15, -0.1) is 8.78 Å². The molecule has 1 aliphatic rings. The number of aliphatic hydroxyl groups is 1. The largest absolute Gasteiger partial charge is 0.586 e. The molecule has 6 nitrogen and oxygen atoms in total. The molecular weight excluding hydrogens is 316 g/mol. The molecule has 22 heavy (non-hydrogen) atoms. The Balaban J connectivity index is 1.63. The van der Waals surface area contributed by atoms with Crippen LogP contribution < -0.4 is 14.8 Å². The van der Waals surface area contributed by atoms with Gasteiger partial charge in [0.15, 0.2) is 17.7 Å². The van der Waals surface area contributed by atoms with Gasteiger partial charge in [-0.3, -0.25) is 0 Å². The van der Waals surface area contributed by atoms with E-state index in [9.17, 15) is 13.9 Å². The first-order valence-electron chi connectivity index (χ1n) is 6.26. The summed E-state index contributed by atoms with van der Waals surface area (Å²) in [5, 5.41) is 16.5. The average Bonchev–Trinajstić information content (AvgIpc) is 3.11. The number of nitrogens with zero attached hydrogens (tertiary/aromatic N) is 1. The molecular formula is C13H9F2N3O3S. The van der Waals surface area contributed by atoms with Gasteiger partial charge < -0.3 is 24.9 Å². The van der Waals surface area contributed by atoms with E-state index < -0.39 is 12.5 Å². The van der Waals surface area contributed by atoms with Crippen LogP contribution in [0.2, 0.25) is 0 Å². The number of thiophene rings is 1. The van der Waals surface area contributed by atoms with Gasteiger partial charge in [0, 0.05) is 17.7 Å². The number of ether oxygens (including phenoxy) is 2. The van der Waals surface area contributed by atoms with Crippen LogP contribution in [0.3, 0.4) is 0 Å². The SMILES string of the molecule is OC(Nc1nc2cc3c(cc2[nH]1)OC(F)(F)O3)c1ccsc1. The lowest BCUT2D eigenvalue weighted by Crippen LogP contribution is -2.25. The van der Waals surface area contributed by atoms with Crippen LogP contribution in [-0.4, -0.2) is 21.4 Å². The lowest BCUT2D eigenvalue weighted by Gasteiger charge is -2.09. The van der Waals surface area contributed by atoms with Gasteiger partial charge in [-0.1, -0.05) is 0 Å². The molecule has 0 aliphatic carbocycles. The van der Waals surface area contributed by atoms with Gasteiger partial charge in [-0.05, 0) is 16.8 Å². The second kappa shape index (κ2) is 4.55. The summed E-state index contributed by atoms with van der Waals surface area (Å²) in [6, 6.07) is 4.51. The second-order valence-corrected chi connectivity index (χ2v) is 5.45. The van der Waals surface area contributed by atoms with Crippen molar-refractivity contribution in [2.75, 3.05) is 5.32 Å². The molecule has 3 N–H and O–H groups in total. The fourth-order valence-electron chi connectivity index (χ4n) is 2.17. The molecule has 1 aromatic carbocycles. The minimum Gasteiger partial charge on any atom is -0.395 e.